The minimum Gasteiger partial charge on any atom is -0.490 e. The Morgan fingerprint density at radius 1 is 1.00 bits per heavy atom. The highest BCUT2D eigenvalue weighted by atomic mass is 32.2. The molecule has 4 rings (SSSR count). The zero-order valence-corrected chi connectivity index (χ0v) is 19.0. The van der Waals surface area contributed by atoms with Crippen LogP contribution in [0.25, 0.3) is 0 Å². The Morgan fingerprint density at radius 2 is 1.68 bits per heavy atom. The number of hydrogen-bond donors (Lipinski definition) is 1. The van der Waals surface area contributed by atoms with Crippen LogP contribution in [0.1, 0.15) is 26.2 Å². The molecular weight excluding hydrogens is 436 g/mol. The number of fused-ring (bicyclic) bond motifs is 1. The molecule has 2 aliphatic heterocycles. The van der Waals surface area contributed by atoms with E-state index in [0.717, 1.165) is 29.9 Å². The lowest BCUT2D eigenvalue weighted by atomic mass is 10.3. The Bertz CT molecular complexity index is 1030. The molecule has 1 saturated heterocycles. The number of carbonyl (C=O) groups is 1. The van der Waals surface area contributed by atoms with Gasteiger partial charge in [-0.1, -0.05) is 0 Å². The van der Waals surface area contributed by atoms with Crippen molar-refractivity contribution in [3.8, 4) is 11.5 Å². The summed E-state index contributed by atoms with van der Waals surface area (Å²) in [5.74, 6) is 1.26. The van der Waals surface area contributed by atoms with Crippen LogP contribution in [-0.4, -0.2) is 50.2 Å². The summed E-state index contributed by atoms with van der Waals surface area (Å²) in [4.78, 5) is 13.8. The van der Waals surface area contributed by atoms with Crippen molar-refractivity contribution in [3.05, 3.63) is 42.5 Å². The normalized spacial score (nSPS) is 17.7. The molecule has 166 valence electrons. The summed E-state index contributed by atoms with van der Waals surface area (Å²) in [6, 6.07) is 12.0. The Hall–Kier alpha value is -2.23. The molecular formula is C22H26N2O5S2. The molecule has 0 aromatic heterocycles. The number of rotatable bonds is 6. The Labute approximate surface area is 187 Å². The predicted octanol–water partition coefficient (Wildman–Crippen LogP) is 3.75. The minimum atomic E-state index is -3.46. The molecule has 2 aliphatic rings. The van der Waals surface area contributed by atoms with E-state index >= 15 is 0 Å². The molecule has 2 aromatic rings. The minimum absolute atomic E-state index is 0.160. The van der Waals surface area contributed by atoms with Gasteiger partial charge in [0.15, 0.2) is 11.5 Å². The SMILES string of the molecule is CC(Sc1ccc2c(c1)OCCCO2)C(=O)Nc1ccc(S(=O)(=O)N2CCCC2)cc1. The number of ether oxygens (including phenoxy) is 2. The summed E-state index contributed by atoms with van der Waals surface area (Å²) in [5, 5.41) is 2.51. The smallest absolute Gasteiger partial charge is 0.243 e. The van der Waals surface area contributed by atoms with Crippen LogP contribution in [0.3, 0.4) is 0 Å². The summed E-state index contributed by atoms with van der Waals surface area (Å²) >= 11 is 1.42. The van der Waals surface area contributed by atoms with Crippen LogP contribution < -0.4 is 14.8 Å². The number of benzene rings is 2. The topological polar surface area (TPSA) is 84.9 Å². The molecule has 0 radical (unpaired) electrons. The van der Waals surface area contributed by atoms with E-state index in [1.54, 1.807) is 24.3 Å². The molecule has 1 atom stereocenters. The summed E-state index contributed by atoms with van der Waals surface area (Å²) in [6.07, 6.45) is 2.63. The maximum atomic E-state index is 12.6. The van der Waals surface area contributed by atoms with Gasteiger partial charge in [-0.05, 0) is 62.2 Å². The first-order valence-corrected chi connectivity index (χ1v) is 12.7. The lowest BCUT2D eigenvalue weighted by molar-refractivity contribution is -0.115. The fourth-order valence-electron chi connectivity index (χ4n) is 3.51. The highest BCUT2D eigenvalue weighted by molar-refractivity contribution is 8.00. The zero-order chi connectivity index (χ0) is 21.8. The molecule has 1 unspecified atom stereocenters. The number of hydrogen-bond acceptors (Lipinski definition) is 6. The first-order chi connectivity index (χ1) is 14.9. The number of carbonyl (C=O) groups excluding carboxylic acids is 1. The van der Waals surface area contributed by atoms with Gasteiger partial charge in [-0.25, -0.2) is 8.42 Å². The highest BCUT2D eigenvalue weighted by Gasteiger charge is 2.27. The van der Waals surface area contributed by atoms with Crippen molar-refractivity contribution in [1.82, 2.24) is 4.31 Å². The second-order valence-corrected chi connectivity index (χ2v) is 10.9. The number of nitrogens with zero attached hydrogens (tertiary/aromatic N) is 1. The van der Waals surface area contributed by atoms with Gasteiger partial charge in [0.05, 0.1) is 23.4 Å². The Morgan fingerprint density at radius 3 is 2.39 bits per heavy atom. The number of anilines is 1. The number of sulfonamides is 1. The van der Waals surface area contributed by atoms with E-state index in [4.69, 9.17) is 9.47 Å². The van der Waals surface area contributed by atoms with Crippen LogP contribution in [-0.2, 0) is 14.8 Å². The molecule has 1 N–H and O–H groups in total. The summed E-state index contributed by atoms with van der Waals surface area (Å²) in [6.45, 7) is 4.21. The second-order valence-electron chi connectivity index (χ2n) is 7.54. The van der Waals surface area contributed by atoms with Gasteiger partial charge in [0.1, 0.15) is 0 Å². The molecule has 2 heterocycles. The van der Waals surface area contributed by atoms with Crippen LogP contribution in [0.4, 0.5) is 5.69 Å². The van der Waals surface area contributed by atoms with Crippen LogP contribution in [0.5, 0.6) is 11.5 Å². The van der Waals surface area contributed by atoms with Gasteiger partial charge in [-0.2, -0.15) is 4.31 Å². The summed E-state index contributed by atoms with van der Waals surface area (Å²) < 4.78 is 38.1. The van der Waals surface area contributed by atoms with Gasteiger partial charge >= 0.3 is 0 Å². The zero-order valence-electron chi connectivity index (χ0n) is 17.4. The molecule has 31 heavy (non-hydrogen) atoms. The van der Waals surface area contributed by atoms with Crippen LogP contribution in [0, 0.1) is 0 Å². The van der Waals surface area contributed by atoms with E-state index in [9.17, 15) is 13.2 Å². The van der Waals surface area contributed by atoms with E-state index in [2.05, 4.69) is 5.32 Å². The molecule has 1 fully saturated rings. The van der Waals surface area contributed by atoms with Crippen LogP contribution in [0.2, 0.25) is 0 Å². The van der Waals surface area contributed by atoms with Gasteiger partial charge < -0.3 is 14.8 Å². The molecule has 0 spiro atoms. The molecule has 9 heteroatoms. The maximum absolute atomic E-state index is 12.6. The maximum Gasteiger partial charge on any atom is 0.243 e. The van der Waals surface area contributed by atoms with E-state index in [-0.39, 0.29) is 16.1 Å². The average Bonchev–Trinajstić information content (AvgIpc) is 3.21. The van der Waals surface area contributed by atoms with Crippen molar-refractivity contribution in [3.63, 3.8) is 0 Å². The second kappa shape index (κ2) is 9.50. The average molecular weight is 463 g/mol. The first kappa shape index (κ1) is 22.0. The van der Waals surface area contributed by atoms with Crippen molar-refractivity contribution in [2.24, 2.45) is 0 Å². The largest absolute Gasteiger partial charge is 0.490 e. The standard InChI is InChI=1S/C22H26N2O5S2/c1-16(30-18-7-10-20-21(15-18)29-14-4-13-28-20)22(25)23-17-5-8-19(9-6-17)31(26,27)24-11-2-3-12-24/h5-10,15-16H,2-4,11-14H2,1H3,(H,23,25). The Balaban J connectivity index is 1.37. The van der Waals surface area contributed by atoms with Crippen LogP contribution >= 0.6 is 11.8 Å². The lowest BCUT2D eigenvalue weighted by Gasteiger charge is -2.16. The van der Waals surface area contributed by atoms with Crippen molar-refractivity contribution in [2.45, 2.75) is 41.2 Å². The molecule has 7 nitrogen and oxygen atoms in total. The molecule has 1 amide bonds. The quantitative estimate of drug-likeness (QED) is 0.658. The third-order valence-electron chi connectivity index (χ3n) is 5.23. The van der Waals surface area contributed by atoms with Gasteiger partial charge in [0.25, 0.3) is 0 Å². The van der Waals surface area contributed by atoms with E-state index < -0.39 is 10.0 Å². The van der Waals surface area contributed by atoms with Gasteiger partial charge in [0.2, 0.25) is 15.9 Å². The molecule has 2 aromatic carbocycles. The monoisotopic (exact) mass is 462 g/mol. The predicted molar refractivity (Wildman–Crippen MR) is 120 cm³/mol. The fourth-order valence-corrected chi connectivity index (χ4v) is 5.92. The number of amides is 1. The Kier molecular flexibility index (Phi) is 6.74. The molecule has 0 saturated carbocycles. The number of nitrogens with one attached hydrogen (secondary N) is 1. The summed E-state index contributed by atoms with van der Waals surface area (Å²) in [5.41, 5.74) is 0.566. The van der Waals surface area contributed by atoms with Crippen molar-refractivity contribution in [1.29, 1.82) is 0 Å². The molecule has 0 bridgehead atoms. The van der Waals surface area contributed by atoms with Gasteiger partial charge in [0, 0.05) is 30.1 Å². The van der Waals surface area contributed by atoms with Crippen molar-refractivity contribution >= 4 is 33.4 Å². The highest BCUT2D eigenvalue weighted by Crippen LogP contribution is 2.35. The first-order valence-electron chi connectivity index (χ1n) is 10.4. The third-order valence-corrected chi connectivity index (χ3v) is 8.23. The van der Waals surface area contributed by atoms with Gasteiger partial charge in [-0.3, -0.25) is 4.79 Å². The summed E-state index contributed by atoms with van der Waals surface area (Å²) in [7, 11) is -3.46. The fraction of sp³-hybridized carbons (Fsp3) is 0.409. The third kappa shape index (κ3) is 5.16. The van der Waals surface area contributed by atoms with E-state index in [1.165, 1.54) is 16.1 Å². The van der Waals surface area contributed by atoms with Crippen molar-refractivity contribution in [2.75, 3.05) is 31.6 Å². The van der Waals surface area contributed by atoms with E-state index in [0.29, 0.717) is 37.7 Å². The van der Waals surface area contributed by atoms with Gasteiger partial charge in [-0.15, -0.1) is 11.8 Å². The number of thioether (sulfide) groups is 1. The molecule has 0 aliphatic carbocycles. The van der Waals surface area contributed by atoms with Crippen molar-refractivity contribution < 1.29 is 22.7 Å². The van der Waals surface area contributed by atoms with E-state index in [1.807, 2.05) is 25.1 Å². The van der Waals surface area contributed by atoms with Crippen LogP contribution in [0.15, 0.2) is 52.3 Å². The lowest BCUT2D eigenvalue weighted by Crippen LogP contribution is -2.27.